The number of terminal acetylenes is 1. The Bertz CT molecular complexity index is 1050. The van der Waals surface area contributed by atoms with E-state index in [9.17, 15) is 5.26 Å². The van der Waals surface area contributed by atoms with E-state index in [1.54, 1.807) is 0 Å². The first-order valence-electron chi connectivity index (χ1n) is 11.1. The molecule has 0 aliphatic carbocycles. The van der Waals surface area contributed by atoms with Crippen LogP contribution in [-0.2, 0) is 10.8 Å². The fourth-order valence-electron chi connectivity index (χ4n) is 5.32. The first-order chi connectivity index (χ1) is 14.5. The Hall–Kier alpha value is -2.24. The van der Waals surface area contributed by atoms with Crippen molar-refractivity contribution in [2.45, 2.75) is 77.7 Å². The molecule has 5 heteroatoms. The maximum absolute atomic E-state index is 9.55. The summed E-state index contributed by atoms with van der Waals surface area (Å²) in [7, 11) is -4.14. The molecular weight excluding hydrogens is 412 g/mol. The highest BCUT2D eigenvalue weighted by molar-refractivity contribution is 6.82. The molecule has 1 heterocycles. The van der Waals surface area contributed by atoms with Gasteiger partial charge in [-0.1, -0.05) is 65.0 Å². The second-order valence-corrected chi connectivity index (χ2v) is 18.9. The predicted octanol–water partition coefficient (Wildman–Crippen LogP) is 6.48. The molecule has 0 unspecified atom stereocenters. The Balaban J connectivity index is 2.83. The van der Waals surface area contributed by atoms with Crippen LogP contribution in [0.5, 0.6) is 0 Å². The van der Waals surface area contributed by atoms with Gasteiger partial charge in [-0.3, -0.25) is 0 Å². The van der Waals surface area contributed by atoms with Gasteiger partial charge in [-0.15, -0.1) is 6.42 Å². The highest BCUT2D eigenvalue weighted by Gasteiger charge is 2.46. The lowest BCUT2D eigenvalue weighted by atomic mass is 10.1. The summed E-state index contributed by atoms with van der Waals surface area (Å²) in [6, 6.07) is 8.73. The summed E-state index contributed by atoms with van der Waals surface area (Å²) < 4.78 is 8.40. The van der Waals surface area contributed by atoms with Gasteiger partial charge in [0.15, 0.2) is 8.24 Å². The van der Waals surface area contributed by atoms with E-state index < -0.39 is 16.6 Å². The number of benzene rings is 1. The van der Waals surface area contributed by atoms with Gasteiger partial charge in [0.05, 0.1) is 19.1 Å². The first-order valence-corrected chi connectivity index (χ1v) is 16.2. The number of nitriles is 1. The molecule has 31 heavy (non-hydrogen) atoms. The zero-order valence-electron chi connectivity index (χ0n) is 20.3. The van der Waals surface area contributed by atoms with E-state index in [1.165, 1.54) is 5.52 Å². The standard InChI is InChI=1S/C26H36N2OSi2/c1-10-17-29-30(8,9)18-15-23-12-11-13-25-26(23)24(14-16-27)19-28(25)31(20(2)3,21(4)5)22(6)7/h1,11-13,19-22H,14,17H2,2-9H3. The molecule has 2 rings (SSSR count). The lowest BCUT2D eigenvalue weighted by molar-refractivity contribution is 0.371. The zero-order valence-corrected chi connectivity index (χ0v) is 22.3. The van der Waals surface area contributed by atoms with Crippen molar-refractivity contribution >= 4 is 27.5 Å². The minimum absolute atomic E-state index is 0.291. The highest BCUT2D eigenvalue weighted by atomic mass is 28.4. The Morgan fingerprint density at radius 2 is 1.68 bits per heavy atom. The average molecular weight is 449 g/mol. The van der Waals surface area contributed by atoms with Gasteiger partial charge in [-0.05, 0) is 47.4 Å². The molecule has 0 spiro atoms. The average Bonchev–Trinajstić information content (AvgIpc) is 3.04. The van der Waals surface area contributed by atoms with Crippen LogP contribution in [0.3, 0.4) is 0 Å². The Morgan fingerprint density at radius 3 is 2.19 bits per heavy atom. The second kappa shape index (κ2) is 9.92. The van der Waals surface area contributed by atoms with Gasteiger partial charge in [0.2, 0.25) is 0 Å². The van der Waals surface area contributed by atoms with E-state index in [0.29, 0.717) is 29.7 Å². The molecule has 0 saturated carbocycles. The second-order valence-electron chi connectivity index (χ2n) is 9.66. The maximum atomic E-state index is 9.55. The molecule has 0 atom stereocenters. The zero-order chi connectivity index (χ0) is 23.4. The SMILES string of the molecule is C#CCO[Si](C)(C)C#Cc1cccc2c1c(CC#N)cn2[Si](C(C)C)(C(C)C)C(C)C. The molecule has 1 aromatic heterocycles. The third-order valence-electron chi connectivity index (χ3n) is 6.38. The van der Waals surface area contributed by atoms with Gasteiger partial charge in [0.25, 0.3) is 8.32 Å². The molecule has 0 N–H and O–H groups in total. The quantitative estimate of drug-likeness (QED) is 0.359. The molecule has 1 aromatic carbocycles. The summed E-state index contributed by atoms with van der Waals surface area (Å²) in [6.45, 7) is 18.6. The highest BCUT2D eigenvalue weighted by Crippen LogP contribution is 2.45. The van der Waals surface area contributed by atoms with Crippen LogP contribution in [0.1, 0.15) is 52.7 Å². The van der Waals surface area contributed by atoms with Crippen molar-refractivity contribution in [2.24, 2.45) is 0 Å². The van der Waals surface area contributed by atoms with E-state index >= 15 is 0 Å². The van der Waals surface area contributed by atoms with Gasteiger partial charge in [-0.2, -0.15) is 5.26 Å². The van der Waals surface area contributed by atoms with Gasteiger partial charge in [0.1, 0.15) is 0 Å². The van der Waals surface area contributed by atoms with Crippen molar-refractivity contribution in [2.75, 3.05) is 6.61 Å². The number of hydrogen-bond donors (Lipinski definition) is 0. The van der Waals surface area contributed by atoms with E-state index in [0.717, 1.165) is 16.5 Å². The van der Waals surface area contributed by atoms with Crippen LogP contribution in [0.4, 0.5) is 0 Å². The normalized spacial score (nSPS) is 12.2. The largest absolute Gasteiger partial charge is 0.394 e. The first kappa shape index (κ1) is 25.0. The smallest absolute Gasteiger partial charge is 0.267 e. The summed E-state index contributed by atoms with van der Waals surface area (Å²) in [5.41, 5.74) is 8.34. The molecule has 0 aliphatic heterocycles. The Morgan fingerprint density at radius 1 is 1.06 bits per heavy atom. The van der Waals surface area contributed by atoms with Crippen LogP contribution in [0.25, 0.3) is 10.9 Å². The third kappa shape index (κ3) is 4.83. The van der Waals surface area contributed by atoms with Crippen molar-refractivity contribution in [3.05, 3.63) is 35.5 Å². The van der Waals surface area contributed by atoms with E-state index in [-0.39, 0.29) is 0 Å². The topological polar surface area (TPSA) is 37.9 Å². The molecule has 0 saturated heterocycles. The summed E-state index contributed by atoms with van der Waals surface area (Å²) in [5, 5.41) is 10.7. The summed E-state index contributed by atoms with van der Waals surface area (Å²) in [6.07, 6.45) is 8.01. The van der Waals surface area contributed by atoms with E-state index in [1.807, 2.05) is 0 Å². The van der Waals surface area contributed by atoms with Crippen LogP contribution in [-0.4, -0.2) is 27.4 Å². The fourth-order valence-corrected chi connectivity index (χ4v) is 12.9. The molecule has 0 aliphatic rings. The summed E-state index contributed by atoms with van der Waals surface area (Å²) >= 11 is 0. The molecule has 0 bridgehead atoms. The Labute approximate surface area is 191 Å². The third-order valence-corrected chi connectivity index (χ3v) is 14.7. The molecule has 3 nitrogen and oxygen atoms in total. The number of hydrogen-bond acceptors (Lipinski definition) is 2. The molecule has 0 radical (unpaired) electrons. The van der Waals surface area contributed by atoms with Crippen molar-refractivity contribution in [1.29, 1.82) is 5.26 Å². The number of rotatable bonds is 7. The molecular formula is C26H36N2OSi2. The number of nitrogens with zero attached hydrogens (tertiary/aromatic N) is 2. The fraction of sp³-hybridized carbons (Fsp3) is 0.500. The minimum Gasteiger partial charge on any atom is -0.394 e. The monoisotopic (exact) mass is 448 g/mol. The molecule has 0 amide bonds. The lowest BCUT2D eigenvalue weighted by Gasteiger charge is -2.44. The molecule has 0 fully saturated rings. The van der Waals surface area contributed by atoms with Gasteiger partial charge in [0, 0.05) is 22.7 Å². The predicted molar refractivity (Wildman–Crippen MR) is 137 cm³/mol. The lowest BCUT2D eigenvalue weighted by Crippen LogP contribution is -2.51. The van der Waals surface area contributed by atoms with Gasteiger partial charge in [-0.25, -0.2) is 0 Å². The summed E-state index contributed by atoms with van der Waals surface area (Å²) in [4.78, 5) is 0. The summed E-state index contributed by atoms with van der Waals surface area (Å²) in [5.74, 6) is 5.94. The van der Waals surface area contributed by atoms with Gasteiger partial charge < -0.3 is 8.66 Å². The van der Waals surface area contributed by atoms with E-state index in [4.69, 9.17) is 10.8 Å². The molecule has 2 aromatic rings. The number of fused-ring (bicyclic) bond motifs is 1. The van der Waals surface area contributed by atoms with Crippen LogP contribution < -0.4 is 0 Å². The van der Waals surface area contributed by atoms with Crippen LogP contribution in [0.2, 0.25) is 29.7 Å². The van der Waals surface area contributed by atoms with E-state index in [2.05, 4.69) is 107 Å². The van der Waals surface area contributed by atoms with Gasteiger partial charge >= 0.3 is 0 Å². The molecule has 164 valence electrons. The van der Waals surface area contributed by atoms with Crippen molar-refractivity contribution in [3.8, 4) is 29.9 Å². The minimum atomic E-state index is -2.18. The number of aromatic nitrogens is 1. The van der Waals surface area contributed by atoms with Crippen LogP contribution in [0.15, 0.2) is 24.4 Å². The van der Waals surface area contributed by atoms with Crippen LogP contribution >= 0.6 is 0 Å². The van der Waals surface area contributed by atoms with Crippen molar-refractivity contribution < 1.29 is 4.43 Å². The Kier molecular flexibility index (Phi) is 8.01. The maximum Gasteiger partial charge on any atom is 0.267 e. The van der Waals surface area contributed by atoms with Crippen LogP contribution in [0, 0.1) is 35.1 Å². The van der Waals surface area contributed by atoms with Crippen molar-refractivity contribution in [3.63, 3.8) is 0 Å². The van der Waals surface area contributed by atoms with Crippen molar-refractivity contribution in [1.82, 2.24) is 4.23 Å².